The number of aromatic hydroxyl groups is 1. The minimum atomic E-state index is -1.52. The first-order valence-corrected chi connectivity index (χ1v) is 10.6. The third kappa shape index (κ3) is 5.59. The molecule has 1 aliphatic heterocycles. The molecule has 2 heterocycles. The van der Waals surface area contributed by atoms with Crippen LogP contribution in [0.15, 0.2) is 26.3 Å². The molecule has 1 aromatic heterocycles. The van der Waals surface area contributed by atoms with Gasteiger partial charge in [-0.1, -0.05) is 13.3 Å². The van der Waals surface area contributed by atoms with Crippen molar-refractivity contribution in [3.05, 3.63) is 28.3 Å². The topological polar surface area (TPSA) is 136 Å². The fraction of sp³-hybridized carbons (Fsp3) is 0.632. The highest BCUT2D eigenvalue weighted by Gasteiger charge is 2.46. The van der Waals surface area contributed by atoms with E-state index in [1.54, 1.807) is 6.92 Å². The smallest absolute Gasteiger partial charge is 0.339 e. The number of thioether (sulfide) groups is 1. The van der Waals surface area contributed by atoms with Crippen molar-refractivity contribution in [3.63, 3.8) is 0 Å². The number of carbonyl (C=O) groups excluding carboxylic acids is 1. The van der Waals surface area contributed by atoms with Crippen molar-refractivity contribution in [2.45, 2.75) is 58.0 Å². The van der Waals surface area contributed by atoms with Crippen LogP contribution in [0.3, 0.4) is 0 Å². The highest BCUT2D eigenvalue weighted by atomic mass is 32.2. The van der Waals surface area contributed by atoms with Crippen molar-refractivity contribution in [2.24, 2.45) is 10.7 Å². The van der Waals surface area contributed by atoms with Crippen LogP contribution >= 0.6 is 11.8 Å². The summed E-state index contributed by atoms with van der Waals surface area (Å²) in [5.41, 5.74) is 4.08. The van der Waals surface area contributed by atoms with Crippen molar-refractivity contribution in [1.29, 1.82) is 0 Å². The summed E-state index contributed by atoms with van der Waals surface area (Å²) in [5, 5.41) is 13.0. The first kappa shape index (κ1) is 23.4. The van der Waals surface area contributed by atoms with Gasteiger partial charge in [0.1, 0.15) is 16.6 Å². The Hall–Kier alpha value is -1.88. The molecule has 2 atom stereocenters. The van der Waals surface area contributed by atoms with E-state index in [2.05, 4.69) is 10.3 Å². The number of nitrogens with two attached hydrogens (primary N) is 1. The van der Waals surface area contributed by atoms with Crippen LogP contribution in [-0.2, 0) is 14.3 Å². The molecule has 1 aliphatic rings. The second-order valence-electron chi connectivity index (χ2n) is 6.79. The lowest BCUT2D eigenvalue weighted by atomic mass is 10.1. The summed E-state index contributed by atoms with van der Waals surface area (Å²) in [6, 6.07) is 1.65. The van der Waals surface area contributed by atoms with Crippen molar-refractivity contribution >= 4 is 22.7 Å². The van der Waals surface area contributed by atoms with Crippen molar-refractivity contribution < 1.29 is 23.8 Å². The molecule has 29 heavy (non-hydrogen) atoms. The Morgan fingerprint density at radius 3 is 2.62 bits per heavy atom. The zero-order valence-electron chi connectivity index (χ0n) is 17.2. The standard InChI is InChI=1S/C19H29N3O6S/c1-5-8-13(14-9-12(23)10-15(24)28-14)21-16(25)19(20)11-29-17(22-19)18(4,26-6-2)27-7-3/h9-10,13,23H,5-8,11,20H2,1-4H3,(H,21,25)/t13-,19+/m1/s1. The molecule has 0 spiro atoms. The van der Waals surface area contributed by atoms with E-state index in [0.29, 0.717) is 31.1 Å². The largest absolute Gasteiger partial charge is 0.508 e. The van der Waals surface area contributed by atoms with Crippen LogP contribution in [0.2, 0.25) is 0 Å². The van der Waals surface area contributed by atoms with Gasteiger partial charge in [-0.2, -0.15) is 0 Å². The molecule has 0 fully saturated rings. The van der Waals surface area contributed by atoms with Gasteiger partial charge in [-0.15, -0.1) is 11.8 Å². The molecular formula is C19H29N3O6S. The second-order valence-corrected chi connectivity index (χ2v) is 7.76. The summed E-state index contributed by atoms with van der Waals surface area (Å²) < 4.78 is 16.6. The number of aliphatic imine (C=N–C) groups is 1. The predicted molar refractivity (Wildman–Crippen MR) is 111 cm³/mol. The minimum absolute atomic E-state index is 0.164. The minimum Gasteiger partial charge on any atom is -0.508 e. The maximum Gasteiger partial charge on any atom is 0.339 e. The lowest BCUT2D eigenvalue weighted by Gasteiger charge is -2.28. The van der Waals surface area contributed by atoms with Crippen molar-refractivity contribution in [1.82, 2.24) is 5.32 Å². The highest BCUT2D eigenvalue weighted by Crippen LogP contribution is 2.33. The van der Waals surface area contributed by atoms with Gasteiger partial charge in [-0.3, -0.25) is 10.5 Å². The van der Waals surface area contributed by atoms with Gasteiger partial charge in [-0.05, 0) is 27.2 Å². The van der Waals surface area contributed by atoms with E-state index in [4.69, 9.17) is 19.6 Å². The van der Waals surface area contributed by atoms with E-state index >= 15 is 0 Å². The molecule has 0 unspecified atom stereocenters. The summed E-state index contributed by atoms with van der Waals surface area (Å²) in [7, 11) is 0. The van der Waals surface area contributed by atoms with Crippen LogP contribution < -0.4 is 16.7 Å². The molecule has 162 valence electrons. The number of rotatable bonds is 10. The number of hydrogen-bond donors (Lipinski definition) is 3. The van der Waals surface area contributed by atoms with E-state index < -0.39 is 29.0 Å². The fourth-order valence-electron chi connectivity index (χ4n) is 3.00. The van der Waals surface area contributed by atoms with Crippen LogP contribution in [0.4, 0.5) is 0 Å². The summed E-state index contributed by atoms with van der Waals surface area (Å²) in [4.78, 5) is 29.0. The molecule has 4 N–H and O–H groups in total. The van der Waals surface area contributed by atoms with Crippen LogP contribution in [0.5, 0.6) is 5.75 Å². The number of nitrogens with one attached hydrogen (secondary N) is 1. The Morgan fingerprint density at radius 2 is 2.07 bits per heavy atom. The van der Waals surface area contributed by atoms with Crippen LogP contribution in [0, 0.1) is 0 Å². The molecule has 0 saturated carbocycles. The highest BCUT2D eigenvalue weighted by molar-refractivity contribution is 8.14. The molecule has 10 heteroatoms. The second kappa shape index (κ2) is 9.75. The number of ether oxygens (including phenoxy) is 2. The molecule has 1 aromatic rings. The summed E-state index contributed by atoms with van der Waals surface area (Å²) in [5.74, 6) is -1.43. The van der Waals surface area contributed by atoms with Gasteiger partial charge >= 0.3 is 5.63 Å². The Labute approximate surface area is 174 Å². The van der Waals surface area contributed by atoms with Gasteiger partial charge in [0.25, 0.3) is 5.91 Å². The van der Waals surface area contributed by atoms with Crippen LogP contribution in [0.25, 0.3) is 0 Å². The molecule has 0 radical (unpaired) electrons. The van der Waals surface area contributed by atoms with E-state index in [1.807, 2.05) is 20.8 Å². The van der Waals surface area contributed by atoms with Gasteiger partial charge in [0.05, 0.1) is 12.1 Å². The molecule has 2 rings (SSSR count). The van der Waals surface area contributed by atoms with Gasteiger partial charge in [0.2, 0.25) is 5.79 Å². The van der Waals surface area contributed by atoms with E-state index in [9.17, 15) is 14.7 Å². The van der Waals surface area contributed by atoms with Crippen LogP contribution in [-0.4, -0.2) is 46.5 Å². The summed E-state index contributed by atoms with van der Waals surface area (Å²) in [6.07, 6.45) is 1.20. The Bertz CT molecular complexity index is 805. The van der Waals surface area contributed by atoms with Crippen LogP contribution in [0.1, 0.15) is 52.3 Å². The molecule has 0 saturated heterocycles. The average molecular weight is 428 g/mol. The third-order valence-electron chi connectivity index (χ3n) is 4.35. The number of amides is 1. The zero-order valence-corrected chi connectivity index (χ0v) is 18.0. The number of carbonyl (C=O) groups is 1. The van der Waals surface area contributed by atoms with E-state index in [1.165, 1.54) is 17.8 Å². The monoisotopic (exact) mass is 427 g/mol. The first-order valence-electron chi connectivity index (χ1n) is 9.62. The SMILES string of the molecule is CCC[C@@H](NC(=O)[C@]1(N)CSC(C(C)(OCC)OCC)=N1)c1cc(O)cc(=O)o1. The molecule has 0 aromatic carbocycles. The predicted octanol–water partition coefficient (Wildman–Crippen LogP) is 1.89. The fourth-order valence-corrected chi connectivity index (χ4v) is 4.16. The molecule has 1 amide bonds. The average Bonchev–Trinajstić information content (AvgIpc) is 3.05. The number of hydrogen-bond acceptors (Lipinski definition) is 9. The maximum absolute atomic E-state index is 13.0. The molecule has 0 aliphatic carbocycles. The van der Waals surface area contributed by atoms with Gasteiger partial charge in [0, 0.05) is 25.0 Å². The lowest BCUT2D eigenvalue weighted by molar-refractivity contribution is -0.169. The van der Waals surface area contributed by atoms with E-state index in [0.717, 1.165) is 6.07 Å². The Morgan fingerprint density at radius 1 is 1.41 bits per heavy atom. The van der Waals surface area contributed by atoms with Crippen molar-refractivity contribution in [3.8, 4) is 5.75 Å². The summed E-state index contributed by atoms with van der Waals surface area (Å²) >= 11 is 1.31. The number of nitrogens with zero attached hydrogens (tertiary/aromatic N) is 1. The van der Waals surface area contributed by atoms with Gasteiger partial charge in [0.15, 0.2) is 5.66 Å². The lowest BCUT2D eigenvalue weighted by Crippen LogP contribution is -2.54. The van der Waals surface area contributed by atoms with E-state index in [-0.39, 0.29) is 17.3 Å². The Balaban J connectivity index is 2.25. The van der Waals surface area contributed by atoms with Crippen molar-refractivity contribution in [2.75, 3.05) is 19.0 Å². The third-order valence-corrected chi connectivity index (χ3v) is 5.67. The molecule has 9 nitrogen and oxygen atoms in total. The van der Waals surface area contributed by atoms with Gasteiger partial charge in [-0.25, -0.2) is 9.79 Å². The Kier molecular flexibility index (Phi) is 7.87. The molecular weight excluding hydrogens is 398 g/mol. The normalized spacial score (nSPS) is 20.4. The van der Waals surface area contributed by atoms with Gasteiger partial charge < -0.3 is 24.3 Å². The first-order chi connectivity index (χ1) is 13.7. The summed E-state index contributed by atoms with van der Waals surface area (Å²) in [6.45, 7) is 8.19. The quantitative estimate of drug-likeness (QED) is 0.482. The maximum atomic E-state index is 13.0. The molecule has 0 bridgehead atoms. The zero-order chi connectivity index (χ0) is 21.7.